The number of benzene rings is 2. The molecule has 0 aliphatic carbocycles. The summed E-state index contributed by atoms with van der Waals surface area (Å²) in [6.07, 6.45) is 1.77. The van der Waals surface area contributed by atoms with Crippen molar-refractivity contribution in [3.05, 3.63) is 72.9 Å². The second-order valence-electron chi connectivity index (χ2n) is 4.35. The number of hydrogen-bond acceptors (Lipinski definition) is 2. The first-order valence-electron chi connectivity index (χ1n) is 6.21. The highest BCUT2D eigenvalue weighted by Crippen LogP contribution is 2.33. The number of nitrogens with two attached hydrogens (primary N) is 1. The van der Waals surface area contributed by atoms with E-state index in [1.807, 2.05) is 42.5 Å². The molecular weight excluding hydrogens is 232 g/mol. The number of hydrogen-bond donors (Lipinski definition) is 1. The van der Waals surface area contributed by atoms with Gasteiger partial charge in [-0.3, -0.25) is 4.98 Å². The van der Waals surface area contributed by atoms with Crippen LogP contribution in [0.3, 0.4) is 0 Å². The zero-order chi connectivity index (χ0) is 13.1. The van der Waals surface area contributed by atoms with E-state index in [1.165, 1.54) is 5.56 Å². The van der Waals surface area contributed by atoms with E-state index in [-0.39, 0.29) is 0 Å². The Bertz CT molecular complexity index is 690. The lowest BCUT2D eigenvalue weighted by molar-refractivity contribution is 1.33. The van der Waals surface area contributed by atoms with Crippen LogP contribution >= 0.6 is 0 Å². The first-order valence-corrected chi connectivity index (χ1v) is 6.21. The number of pyridine rings is 1. The molecule has 0 bridgehead atoms. The molecule has 2 nitrogen and oxygen atoms in total. The van der Waals surface area contributed by atoms with Gasteiger partial charge in [0, 0.05) is 11.8 Å². The standard InChI is InChI=1S/C17H14N2/c18-16-11-6-12-19-17(16)15-10-5-4-9-14(15)13-7-2-1-3-8-13/h1-12H,18H2. The van der Waals surface area contributed by atoms with Crippen LogP contribution in [0.5, 0.6) is 0 Å². The second kappa shape index (κ2) is 4.94. The summed E-state index contributed by atoms with van der Waals surface area (Å²) in [5.41, 5.74) is 11.0. The third kappa shape index (κ3) is 2.20. The summed E-state index contributed by atoms with van der Waals surface area (Å²) in [6.45, 7) is 0. The monoisotopic (exact) mass is 246 g/mol. The van der Waals surface area contributed by atoms with Crippen LogP contribution in [-0.4, -0.2) is 4.98 Å². The van der Waals surface area contributed by atoms with E-state index in [4.69, 9.17) is 5.73 Å². The smallest absolute Gasteiger partial charge is 0.0937 e. The third-order valence-electron chi connectivity index (χ3n) is 3.11. The zero-order valence-corrected chi connectivity index (χ0v) is 10.5. The van der Waals surface area contributed by atoms with Gasteiger partial charge >= 0.3 is 0 Å². The van der Waals surface area contributed by atoms with Gasteiger partial charge in [-0.15, -0.1) is 0 Å². The molecule has 3 rings (SSSR count). The summed E-state index contributed by atoms with van der Waals surface area (Å²) in [6, 6.07) is 22.2. The summed E-state index contributed by atoms with van der Waals surface area (Å²) < 4.78 is 0. The molecule has 0 unspecified atom stereocenters. The van der Waals surface area contributed by atoms with Gasteiger partial charge in [-0.1, -0.05) is 54.6 Å². The summed E-state index contributed by atoms with van der Waals surface area (Å²) in [5, 5.41) is 0. The van der Waals surface area contributed by atoms with Crippen LogP contribution in [-0.2, 0) is 0 Å². The fourth-order valence-corrected chi connectivity index (χ4v) is 2.20. The fraction of sp³-hybridized carbons (Fsp3) is 0. The Hall–Kier alpha value is -2.61. The maximum atomic E-state index is 6.04. The minimum Gasteiger partial charge on any atom is -0.397 e. The molecule has 0 fully saturated rings. The Labute approximate surface area is 112 Å². The minimum absolute atomic E-state index is 0.700. The number of rotatable bonds is 2. The molecule has 0 atom stereocenters. The lowest BCUT2D eigenvalue weighted by Gasteiger charge is -2.10. The normalized spacial score (nSPS) is 10.3. The van der Waals surface area contributed by atoms with Crippen molar-refractivity contribution in [2.75, 3.05) is 5.73 Å². The van der Waals surface area contributed by atoms with Gasteiger partial charge in [0.25, 0.3) is 0 Å². The largest absolute Gasteiger partial charge is 0.397 e. The Morgan fingerprint density at radius 3 is 2.11 bits per heavy atom. The quantitative estimate of drug-likeness (QED) is 0.742. The van der Waals surface area contributed by atoms with Crippen molar-refractivity contribution in [1.29, 1.82) is 0 Å². The van der Waals surface area contributed by atoms with Crippen molar-refractivity contribution < 1.29 is 0 Å². The van der Waals surface area contributed by atoms with Gasteiger partial charge < -0.3 is 5.73 Å². The molecule has 0 aliphatic heterocycles. The molecule has 0 radical (unpaired) electrons. The number of nitrogens with zero attached hydrogens (tertiary/aromatic N) is 1. The third-order valence-corrected chi connectivity index (χ3v) is 3.11. The van der Waals surface area contributed by atoms with Crippen molar-refractivity contribution in [2.45, 2.75) is 0 Å². The first kappa shape index (κ1) is 11.5. The molecule has 92 valence electrons. The van der Waals surface area contributed by atoms with E-state index in [9.17, 15) is 0 Å². The lowest BCUT2D eigenvalue weighted by Crippen LogP contribution is -1.94. The van der Waals surface area contributed by atoms with Crippen LogP contribution < -0.4 is 5.73 Å². The predicted molar refractivity (Wildman–Crippen MR) is 79.5 cm³/mol. The number of aromatic nitrogens is 1. The number of anilines is 1. The van der Waals surface area contributed by atoms with Gasteiger partial charge in [-0.2, -0.15) is 0 Å². The molecular formula is C17H14N2. The summed E-state index contributed by atoms with van der Waals surface area (Å²) in [7, 11) is 0. The van der Waals surface area contributed by atoms with Crippen molar-refractivity contribution >= 4 is 5.69 Å². The molecule has 1 heterocycles. The van der Waals surface area contributed by atoms with Gasteiger partial charge in [0.1, 0.15) is 0 Å². The maximum absolute atomic E-state index is 6.04. The Kier molecular flexibility index (Phi) is 2.99. The maximum Gasteiger partial charge on any atom is 0.0937 e. The van der Waals surface area contributed by atoms with Gasteiger partial charge in [-0.25, -0.2) is 0 Å². The van der Waals surface area contributed by atoms with E-state index in [0.717, 1.165) is 16.8 Å². The molecule has 0 saturated heterocycles. The van der Waals surface area contributed by atoms with Gasteiger partial charge in [0.15, 0.2) is 0 Å². The molecule has 19 heavy (non-hydrogen) atoms. The molecule has 3 aromatic rings. The topological polar surface area (TPSA) is 38.9 Å². The minimum atomic E-state index is 0.700. The molecule has 0 spiro atoms. The molecule has 0 saturated carbocycles. The van der Waals surface area contributed by atoms with E-state index in [0.29, 0.717) is 5.69 Å². The molecule has 2 heteroatoms. The SMILES string of the molecule is Nc1cccnc1-c1ccccc1-c1ccccc1. The summed E-state index contributed by atoms with van der Waals surface area (Å²) >= 11 is 0. The fourth-order valence-electron chi connectivity index (χ4n) is 2.20. The van der Waals surface area contributed by atoms with E-state index >= 15 is 0 Å². The van der Waals surface area contributed by atoms with Crippen LogP contribution in [0.4, 0.5) is 5.69 Å². The van der Waals surface area contributed by atoms with Crippen LogP contribution in [0, 0.1) is 0 Å². The van der Waals surface area contributed by atoms with Crippen molar-refractivity contribution in [1.82, 2.24) is 4.98 Å². The first-order chi connectivity index (χ1) is 9.36. The number of nitrogen functional groups attached to an aromatic ring is 1. The van der Waals surface area contributed by atoms with Crippen molar-refractivity contribution in [3.63, 3.8) is 0 Å². The van der Waals surface area contributed by atoms with E-state index in [2.05, 4.69) is 29.2 Å². The highest BCUT2D eigenvalue weighted by Gasteiger charge is 2.09. The van der Waals surface area contributed by atoms with Gasteiger partial charge in [0.2, 0.25) is 0 Å². The van der Waals surface area contributed by atoms with E-state index < -0.39 is 0 Å². The Morgan fingerprint density at radius 2 is 1.37 bits per heavy atom. The van der Waals surface area contributed by atoms with Crippen LogP contribution in [0.1, 0.15) is 0 Å². The van der Waals surface area contributed by atoms with Crippen LogP contribution in [0.25, 0.3) is 22.4 Å². The van der Waals surface area contributed by atoms with Crippen LogP contribution in [0.2, 0.25) is 0 Å². The average molecular weight is 246 g/mol. The molecule has 1 aromatic heterocycles. The highest BCUT2D eigenvalue weighted by molar-refractivity contribution is 5.86. The van der Waals surface area contributed by atoms with Gasteiger partial charge in [0.05, 0.1) is 11.4 Å². The highest BCUT2D eigenvalue weighted by atomic mass is 14.7. The van der Waals surface area contributed by atoms with Crippen molar-refractivity contribution in [3.8, 4) is 22.4 Å². The predicted octanol–water partition coefficient (Wildman–Crippen LogP) is 4.00. The Morgan fingerprint density at radius 1 is 0.684 bits per heavy atom. The molecule has 0 amide bonds. The molecule has 0 aliphatic rings. The molecule has 2 aromatic carbocycles. The lowest BCUT2D eigenvalue weighted by atomic mass is 9.97. The van der Waals surface area contributed by atoms with Crippen molar-refractivity contribution in [2.24, 2.45) is 0 Å². The zero-order valence-electron chi connectivity index (χ0n) is 10.5. The second-order valence-corrected chi connectivity index (χ2v) is 4.35. The summed E-state index contributed by atoms with van der Waals surface area (Å²) in [5.74, 6) is 0. The van der Waals surface area contributed by atoms with E-state index in [1.54, 1.807) is 6.20 Å². The summed E-state index contributed by atoms with van der Waals surface area (Å²) in [4.78, 5) is 4.41. The average Bonchev–Trinajstić information content (AvgIpc) is 2.49. The Balaban J connectivity index is 2.21. The van der Waals surface area contributed by atoms with Crippen LogP contribution in [0.15, 0.2) is 72.9 Å². The molecule has 2 N–H and O–H groups in total. The van der Waals surface area contributed by atoms with Gasteiger partial charge in [-0.05, 0) is 23.3 Å².